The highest BCUT2D eigenvalue weighted by molar-refractivity contribution is 7.99. The number of nitrogens with one attached hydrogen (secondary N) is 2. The molecule has 1 amide bonds. The van der Waals surface area contributed by atoms with E-state index in [4.69, 9.17) is 11.6 Å². The number of halogens is 4. The molecule has 1 unspecified atom stereocenters. The van der Waals surface area contributed by atoms with Gasteiger partial charge >= 0.3 is 0 Å². The Balaban J connectivity index is 0.00000220. The first-order chi connectivity index (χ1) is 9.46. The molecule has 8 heteroatoms. The van der Waals surface area contributed by atoms with E-state index in [9.17, 15) is 13.6 Å². The fourth-order valence-corrected chi connectivity index (χ4v) is 2.79. The first-order valence-corrected chi connectivity index (χ1v) is 7.60. The van der Waals surface area contributed by atoms with Crippen molar-refractivity contribution in [1.29, 1.82) is 0 Å². The minimum Gasteiger partial charge on any atom is -0.354 e. The smallest absolute Gasteiger partial charge is 0.262 e. The summed E-state index contributed by atoms with van der Waals surface area (Å²) in [7, 11) is 0. The van der Waals surface area contributed by atoms with E-state index in [1.165, 1.54) is 0 Å². The quantitative estimate of drug-likeness (QED) is 0.629. The van der Waals surface area contributed by atoms with Crippen molar-refractivity contribution >= 4 is 41.7 Å². The minimum absolute atomic E-state index is 0. The number of rotatable bonds is 5. The van der Waals surface area contributed by atoms with Crippen LogP contribution in [0.5, 0.6) is 0 Å². The third-order valence-corrected chi connectivity index (χ3v) is 4.18. The number of carbonyl (C=O) groups excluding carboxylic acids is 1. The van der Waals surface area contributed by atoms with Gasteiger partial charge in [0.15, 0.2) is 0 Å². The van der Waals surface area contributed by atoms with Crippen LogP contribution >= 0.6 is 35.8 Å². The van der Waals surface area contributed by atoms with Crippen LogP contribution in [0.3, 0.4) is 0 Å². The summed E-state index contributed by atoms with van der Waals surface area (Å²) >= 11 is 7.35. The van der Waals surface area contributed by atoms with Crippen LogP contribution in [0, 0.1) is 0 Å². The van der Waals surface area contributed by atoms with Crippen molar-refractivity contribution in [3.8, 4) is 0 Å². The van der Waals surface area contributed by atoms with Gasteiger partial charge in [0.2, 0.25) is 5.91 Å². The summed E-state index contributed by atoms with van der Waals surface area (Å²) in [6.45, 7) is 0.0144. The summed E-state index contributed by atoms with van der Waals surface area (Å²) in [6, 6.07) is 6.60. The van der Waals surface area contributed by atoms with Crippen molar-refractivity contribution in [2.45, 2.75) is 23.3 Å². The van der Waals surface area contributed by atoms with Crippen molar-refractivity contribution in [1.82, 2.24) is 10.6 Å². The monoisotopic (exact) mass is 356 g/mol. The Hall–Kier alpha value is -0.560. The molecule has 0 bridgehead atoms. The van der Waals surface area contributed by atoms with Crippen LogP contribution in [0.2, 0.25) is 5.02 Å². The molecule has 1 heterocycles. The van der Waals surface area contributed by atoms with Crippen molar-refractivity contribution < 1.29 is 13.6 Å². The molecule has 0 saturated carbocycles. The predicted octanol–water partition coefficient (Wildman–Crippen LogP) is 2.97. The Kier molecular flexibility index (Phi) is 7.20. The number of hydrogen-bond donors (Lipinski definition) is 2. The number of alkyl halides is 2. The highest BCUT2D eigenvalue weighted by Gasteiger charge is 2.42. The lowest BCUT2D eigenvalue weighted by molar-refractivity contribution is -0.123. The molecule has 21 heavy (non-hydrogen) atoms. The Bertz CT molecular complexity index is 474. The van der Waals surface area contributed by atoms with Crippen LogP contribution in [0.4, 0.5) is 8.78 Å². The topological polar surface area (TPSA) is 41.1 Å². The second-order valence-corrected chi connectivity index (χ2v) is 6.19. The molecule has 1 aliphatic rings. The third-order valence-electron chi connectivity index (χ3n) is 2.91. The van der Waals surface area contributed by atoms with Gasteiger partial charge in [0, 0.05) is 28.6 Å². The van der Waals surface area contributed by atoms with E-state index in [0.717, 1.165) is 4.90 Å². The first kappa shape index (κ1) is 18.5. The number of benzene rings is 1. The van der Waals surface area contributed by atoms with Crippen LogP contribution in [-0.2, 0) is 4.79 Å². The van der Waals surface area contributed by atoms with Gasteiger partial charge in [-0.3, -0.25) is 10.1 Å². The van der Waals surface area contributed by atoms with Crippen LogP contribution in [0.15, 0.2) is 29.2 Å². The molecule has 2 N–H and O–H groups in total. The van der Waals surface area contributed by atoms with Gasteiger partial charge in [-0.1, -0.05) is 11.6 Å². The maximum Gasteiger partial charge on any atom is 0.262 e. The lowest BCUT2D eigenvalue weighted by Gasteiger charge is -2.11. The lowest BCUT2D eigenvalue weighted by Crippen LogP contribution is -2.41. The lowest BCUT2D eigenvalue weighted by atomic mass is 10.2. The molecule has 118 valence electrons. The molecule has 2 rings (SSSR count). The zero-order valence-electron chi connectivity index (χ0n) is 11.1. The zero-order valence-corrected chi connectivity index (χ0v) is 13.5. The summed E-state index contributed by atoms with van der Waals surface area (Å²) < 4.78 is 25.9. The van der Waals surface area contributed by atoms with Crippen LogP contribution < -0.4 is 10.6 Å². The summed E-state index contributed by atoms with van der Waals surface area (Å²) in [5, 5.41) is 5.87. The molecule has 0 spiro atoms. The SMILES string of the molecule is Cl.O=C(NCCSc1ccc(Cl)cc1)C1CC(F)(F)CN1. The van der Waals surface area contributed by atoms with E-state index < -0.39 is 24.9 Å². The molecule has 1 fully saturated rings. The van der Waals surface area contributed by atoms with E-state index in [1.54, 1.807) is 23.9 Å². The second kappa shape index (κ2) is 8.17. The van der Waals surface area contributed by atoms with Gasteiger partial charge in [0.1, 0.15) is 0 Å². The molecule has 1 aromatic carbocycles. The van der Waals surface area contributed by atoms with Crippen LogP contribution in [0.1, 0.15) is 6.42 Å². The highest BCUT2D eigenvalue weighted by atomic mass is 35.5. The summed E-state index contributed by atoms with van der Waals surface area (Å²) in [5.74, 6) is -2.46. The fraction of sp³-hybridized carbons (Fsp3) is 0.462. The van der Waals surface area contributed by atoms with E-state index >= 15 is 0 Å². The molecule has 1 saturated heterocycles. The van der Waals surface area contributed by atoms with Crippen molar-refractivity contribution in [2.75, 3.05) is 18.8 Å². The fourth-order valence-electron chi connectivity index (χ4n) is 1.90. The van der Waals surface area contributed by atoms with Gasteiger partial charge in [-0.25, -0.2) is 8.78 Å². The Morgan fingerprint density at radius 1 is 1.43 bits per heavy atom. The number of hydrogen-bond acceptors (Lipinski definition) is 3. The molecular weight excluding hydrogens is 341 g/mol. The largest absolute Gasteiger partial charge is 0.354 e. The Morgan fingerprint density at radius 2 is 2.10 bits per heavy atom. The standard InChI is InChI=1S/C13H15ClF2N2OS.ClH/c14-9-1-3-10(4-2-9)20-6-5-17-12(19)11-7-13(15,16)8-18-11;/h1-4,11,18H,5-8H2,(H,17,19);1H. The number of carbonyl (C=O) groups is 1. The minimum atomic E-state index is -2.78. The summed E-state index contributed by atoms with van der Waals surface area (Å²) in [5.41, 5.74) is 0. The molecule has 0 aromatic heterocycles. The maximum absolute atomic E-state index is 12.9. The predicted molar refractivity (Wildman–Crippen MR) is 83.8 cm³/mol. The molecule has 1 atom stereocenters. The Labute approximate surface area is 137 Å². The van der Waals surface area contributed by atoms with Gasteiger partial charge in [-0.2, -0.15) is 0 Å². The third kappa shape index (κ3) is 5.98. The molecule has 1 aromatic rings. The van der Waals surface area contributed by atoms with E-state index in [1.807, 2.05) is 12.1 Å². The van der Waals surface area contributed by atoms with Crippen LogP contribution in [-0.4, -0.2) is 36.7 Å². The van der Waals surface area contributed by atoms with Gasteiger partial charge in [0.05, 0.1) is 12.6 Å². The summed E-state index contributed by atoms with van der Waals surface area (Å²) in [4.78, 5) is 12.7. The van der Waals surface area contributed by atoms with Crippen molar-refractivity contribution in [3.05, 3.63) is 29.3 Å². The summed E-state index contributed by atoms with van der Waals surface area (Å²) in [6.07, 6.45) is -0.427. The molecule has 0 aliphatic carbocycles. The van der Waals surface area contributed by atoms with Gasteiger partial charge < -0.3 is 5.32 Å². The Morgan fingerprint density at radius 3 is 2.67 bits per heavy atom. The van der Waals surface area contributed by atoms with Crippen LogP contribution in [0.25, 0.3) is 0 Å². The molecule has 1 aliphatic heterocycles. The average molecular weight is 357 g/mol. The maximum atomic E-state index is 12.9. The van der Waals surface area contributed by atoms with Gasteiger partial charge in [-0.15, -0.1) is 24.2 Å². The van der Waals surface area contributed by atoms with Gasteiger partial charge in [0.25, 0.3) is 5.92 Å². The average Bonchev–Trinajstić information content (AvgIpc) is 2.77. The second-order valence-electron chi connectivity index (χ2n) is 4.59. The number of amides is 1. The van der Waals surface area contributed by atoms with E-state index in [2.05, 4.69) is 10.6 Å². The highest BCUT2D eigenvalue weighted by Crippen LogP contribution is 2.25. The van der Waals surface area contributed by atoms with Gasteiger partial charge in [-0.05, 0) is 24.3 Å². The zero-order chi connectivity index (χ0) is 14.6. The van der Waals surface area contributed by atoms with Crippen molar-refractivity contribution in [2.24, 2.45) is 0 Å². The first-order valence-electron chi connectivity index (χ1n) is 6.24. The number of thioether (sulfide) groups is 1. The normalized spacial score (nSPS) is 19.9. The molecule has 3 nitrogen and oxygen atoms in total. The van der Waals surface area contributed by atoms with E-state index in [0.29, 0.717) is 17.3 Å². The van der Waals surface area contributed by atoms with Crippen molar-refractivity contribution in [3.63, 3.8) is 0 Å². The molecule has 0 radical (unpaired) electrons. The molecular formula is C13H16Cl2F2N2OS. The van der Waals surface area contributed by atoms with E-state index in [-0.39, 0.29) is 18.3 Å².